The molecule has 0 aromatic heterocycles. The zero-order valence-corrected chi connectivity index (χ0v) is 46.1. The number of nitrogens with zero attached hydrogens (tertiary/aromatic N) is 2. The molecule has 1 amide bonds. The summed E-state index contributed by atoms with van der Waals surface area (Å²) in [5.41, 5.74) is 0.151. The van der Waals surface area contributed by atoms with Crippen molar-refractivity contribution in [1.82, 2.24) is 10.2 Å². The highest BCUT2D eigenvalue weighted by molar-refractivity contribution is 6.67. The number of rotatable bonds is 5. The van der Waals surface area contributed by atoms with Gasteiger partial charge in [-0.05, 0) is 182 Å². The number of phenolic OH excluding ortho intramolecular Hbond substituents is 1. The van der Waals surface area contributed by atoms with E-state index in [-0.39, 0.29) is 17.2 Å². The highest BCUT2D eigenvalue weighted by atomic mass is 35.6. The second-order valence-electron chi connectivity index (χ2n) is 15.8. The number of nitrogens with one attached hydrogen (secondary N) is 1. The second kappa shape index (κ2) is 37.8. The van der Waals surface area contributed by atoms with Crippen LogP contribution in [-0.4, -0.2) is 89.1 Å². The Balaban J connectivity index is 0.000000459. The summed E-state index contributed by atoms with van der Waals surface area (Å²) in [4.78, 5) is 36.2. The third-order valence-electron chi connectivity index (χ3n) is 9.73. The number of phenols is 1. The first-order chi connectivity index (χ1) is 35.7. The summed E-state index contributed by atoms with van der Waals surface area (Å²) < 4.78 is 92.3. The third kappa shape index (κ3) is 34.0. The van der Waals surface area contributed by atoms with Crippen LogP contribution in [0.5, 0.6) is 17.2 Å². The predicted molar refractivity (Wildman–Crippen MR) is 284 cm³/mol. The first-order valence-corrected chi connectivity index (χ1v) is 25.2. The van der Waals surface area contributed by atoms with Crippen LogP contribution >= 0.6 is 81.2 Å². The van der Waals surface area contributed by atoms with Crippen molar-refractivity contribution in [3.63, 3.8) is 0 Å². The number of amides is 1. The monoisotopic (exact) mass is 1210 g/mol. The zero-order valence-electron chi connectivity index (χ0n) is 40.8. The average molecular weight is 1220 g/mol. The van der Waals surface area contributed by atoms with Gasteiger partial charge in [0, 0.05) is 88.7 Å². The van der Waals surface area contributed by atoms with Gasteiger partial charge in [0.15, 0.2) is 34.9 Å². The Morgan fingerprint density at radius 3 is 1.46 bits per heavy atom. The molecule has 4 aromatic rings. The van der Waals surface area contributed by atoms with E-state index < -0.39 is 60.5 Å². The lowest BCUT2D eigenvalue weighted by Gasteiger charge is -2.30. The molecule has 76 heavy (non-hydrogen) atoms. The van der Waals surface area contributed by atoms with Crippen molar-refractivity contribution in [1.29, 1.82) is 0 Å². The van der Waals surface area contributed by atoms with Crippen molar-refractivity contribution in [2.75, 3.05) is 58.4 Å². The van der Waals surface area contributed by atoms with E-state index in [0.29, 0.717) is 25.4 Å². The molecule has 0 spiro atoms. The molecule has 7 rings (SSSR count). The molecule has 0 bridgehead atoms. The maximum Gasteiger partial charge on any atom is 0.515 e. The van der Waals surface area contributed by atoms with Crippen molar-refractivity contribution in [2.24, 2.45) is 11.8 Å². The first-order valence-electron chi connectivity index (χ1n) is 22.5. The number of halogens is 13. The molecule has 12 nitrogen and oxygen atoms in total. The summed E-state index contributed by atoms with van der Waals surface area (Å²) in [6.07, 6.45) is 16.9. The fraction of sp³-hybridized carbons (Fsp3) is 0.392. The molecule has 0 atom stereocenters. The normalized spacial score (nSPS) is 13.9. The number of para-hydroxylation sites is 1. The number of ether oxygens (including phenoxy) is 5. The molecule has 418 valence electrons. The maximum atomic E-state index is 13.0. The maximum absolute atomic E-state index is 13.0. The summed E-state index contributed by atoms with van der Waals surface area (Å²) in [7, 11) is 4.07. The number of piperidine rings is 2. The third-order valence-corrected chi connectivity index (χ3v) is 10.3. The van der Waals surface area contributed by atoms with Gasteiger partial charge in [-0.3, -0.25) is 0 Å². The topological polar surface area (TPSA) is 136 Å². The standard InChI is InChI=1S/C15H15F2NO2.C8H11N.C8H13N.C7H3ClF2O2.C6H4F2O.C4H8O.C3Cl6O3/c1-2-3-11-6-8-18(9-7-11)15(19)20-12-4-5-13(16)14(17)10-12;1-9(2)8-6-4-3-5-7-8;1-2-3-8-4-6-9-7-5-8;8-7(11)12-4-1-2-5(9)6(10)3-4;7-5-2-1-4(9)3-6(5)8;1-2-4-5-3-1;4-2(5,6)11-1(10)12-3(7,8)9/h1,4-5,10-11H,3,6-9H2;3-7H,1-2H3;1,8-9H,3-7H2;1-3H;1-3,9H;1-4H2;. The lowest BCUT2D eigenvalue weighted by atomic mass is 9.94. The Kier molecular flexibility index (Phi) is 34.4. The average Bonchev–Trinajstić information content (AvgIpc) is 3.95. The smallest absolute Gasteiger partial charge is 0.508 e. The lowest BCUT2D eigenvalue weighted by Crippen LogP contribution is -2.40. The SMILES string of the molecule is C#CCC1CCN(C(=O)Oc2ccc(F)c(F)c2)CC1.C#CCC1CCNCC1.C1CCOC1.CN(C)c1ccccc1.O=C(Cl)Oc1ccc(F)c(F)c1.O=C(OC(Cl)(Cl)Cl)OC(Cl)(Cl)Cl.Oc1ccc(F)c(F)c1. The summed E-state index contributed by atoms with van der Waals surface area (Å²) >= 11 is 35.0. The lowest BCUT2D eigenvalue weighted by molar-refractivity contribution is 0.0508. The minimum Gasteiger partial charge on any atom is -0.508 e. The van der Waals surface area contributed by atoms with E-state index in [0.717, 1.165) is 100 Å². The quantitative estimate of drug-likeness (QED) is 0.0650. The largest absolute Gasteiger partial charge is 0.515 e. The molecule has 3 aliphatic rings. The van der Waals surface area contributed by atoms with E-state index in [4.69, 9.17) is 109 Å². The number of alkyl halides is 6. The minimum absolute atomic E-state index is 0.000326. The Bertz CT molecular complexity index is 2410. The van der Waals surface area contributed by atoms with Crippen LogP contribution in [0.25, 0.3) is 0 Å². The number of carbonyl (C=O) groups is 3. The van der Waals surface area contributed by atoms with E-state index >= 15 is 0 Å². The molecule has 0 aliphatic carbocycles. The number of aromatic hydroxyl groups is 1. The van der Waals surface area contributed by atoms with Gasteiger partial charge in [0.2, 0.25) is 0 Å². The van der Waals surface area contributed by atoms with Crippen LogP contribution in [0.3, 0.4) is 0 Å². The highest BCUT2D eigenvalue weighted by Gasteiger charge is 2.32. The highest BCUT2D eigenvalue weighted by Crippen LogP contribution is 2.32. The van der Waals surface area contributed by atoms with Crippen molar-refractivity contribution in [2.45, 2.75) is 59.3 Å². The summed E-state index contributed by atoms with van der Waals surface area (Å²) in [6.45, 7) is 5.45. The summed E-state index contributed by atoms with van der Waals surface area (Å²) in [6, 6.07) is 18.6. The van der Waals surface area contributed by atoms with Crippen LogP contribution < -0.4 is 19.7 Å². The van der Waals surface area contributed by atoms with Gasteiger partial charge >= 0.3 is 25.6 Å². The molecular weight excluding hydrogens is 1160 g/mol. The van der Waals surface area contributed by atoms with Crippen molar-refractivity contribution >= 4 is 105 Å². The van der Waals surface area contributed by atoms with Gasteiger partial charge in [-0.2, -0.15) is 0 Å². The molecule has 0 saturated carbocycles. The zero-order chi connectivity index (χ0) is 57.3. The predicted octanol–water partition coefficient (Wildman–Crippen LogP) is 14.9. The molecule has 4 aromatic carbocycles. The second-order valence-corrected chi connectivity index (χ2v) is 20.5. The Hall–Kier alpha value is -4.86. The van der Waals surface area contributed by atoms with Gasteiger partial charge in [0.1, 0.15) is 17.2 Å². The van der Waals surface area contributed by atoms with E-state index in [9.17, 15) is 40.7 Å². The van der Waals surface area contributed by atoms with Crippen LogP contribution in [0.4, 0.5) is 46.4 Å². The molecule has 2 N–H and O–H groups in total. The summed E-state index contributed by atoms with van der Waals surface area (Å²) in [5, 5.41) is 11.8. The van der Waals surface area contributed by atoms with Crippen molar-refractivity contribution in [3.8, 4) is 41.9 Å². The van der Waals surface area contributed by atoms with Gasteiger partial charge in [-0.15, -0.1) is 24.7 Å². The molecule has 3 aliphatic heterocycles. The van der Waals surface area contributed by atoms with Gasteiger partial charge < -0.3 is 43.9 Å². The van der Waals surface area contributed by atoms with Gasteiger partial charge in [0.05, 0.1) is 0 Å². The van der Waals surface area contributed by atoms with Gasteiger partial charge in [-0.1, -0.05) is 18.2 Å². The molecular formula is C51H54Cl7F6N3O9. The number of terminal acetylenes is 2. The number of likely N-dealkylation sites (tertiary alicyclic amines) is 1. The number of anilines is 1. The Labute approximate surface area is 473 Å². The van der Waals surface area contributed by atoms with E-state index in [1.165, 1.54) is 37.4 Å². The van der Waals surface area contributed by atoms with Crippen LogP contribution in [0.1, 0.15) is 51.4 Å². The first kappa shape index (κ1) is 69.2. The number of hydrogen-bond donors (Lipinski definition) is 2. The number of carbonyl (C=O) groups excluding carboxylic acids is 3. The van der Waals surface area contributed by atoms with Crippen LogP contribution in [0.15, 0.2) is 84.9 Å². The van der Waals surface area contributed by atoms with Crippen LogP contribution in [-0.2, 0) is 14.2 Å². The number of benzene rings is 4. The molecule has 3 saturated heterocycles. The van der Waals surface area contributed by atoms with Gasteiger partial charge in [0.25, 0.3) is 0 Å². The molecule has 0 radical (unpaired) electrons. The minimum atomic E-state index is -2.24. The van der Waals surface area contributed by atoms with E-state index in [1.807, 2.05) is 32.3 Å². The van der Waals surface area contributed by atoms with Gasteiger partial charge in [-0.25, -0.2) is 40.7 Å². The Morgan fingerprint density at radius 2 is 1.11 bits per heavy atom. The number of hydrogen-bond acceptors (Lipinski definition) is 11. The molecule has 3 heterocycles. The van der Waals surface area contributed by atoms with Crippen molar-refractivity contribution in [3.05, 3.63) is 120 Å². The fourth-order valence-corrected chi connectivity index (χ4v) is 6.48. The molecule has 0 unspecified atom stereocenters. The molecule has 25 heteroatoms. The molecule has 3 fully saturated rings. The Morgan fingerprint density at radius 1 is 0.671 bits per heavy atom. The van der Waals surface area contributed by atoms with E-state index in [2.05, 4.69) is 48.4 Å². The van der Waals surface area contributed by atoms with E-state index in [1.54, 1.807) is 4.90 Å². The fourth-order valence-electron chi connectivity index (χ4n) is 6.01. The van der Waals surface area contributed by atoms with Crippen LogP contribution in [0.2, 0.25) is 0 Å². The van der Waals surface area contributed by atoms with Crippen LogP contribution in [0, 0.1) is 71.4 Å². The summed E-state index contributed by atoms with van der Waals surface area (Å²) in [5.74, 6) is 0.0727. The van der Waals surface area contributed by atoms with Crippen molar-refractivity contribution < 1.29 is 69.5 Å².